The third-order valence-corrected chi connectivity index (χ3v) is 23.8. The van der Waals surface area contributed by atoms with Gasteiger partial charge in [-0.2, -0.15) is 0 Å². The van der Waals surface area contributed by atoms with Crippen LogP contribution >= 0.6 is 0 Å². The molecule has 1 aliphatic heterocycles. The topological polar surface area (TPSA) is 387 Å². The number of hydrogen-bond acceptors (Lipinski definition) is 25. The minimum atomic E-state index is -2.71. The first-order chi connectivity index (χ1) is 50.4. The monoisotopic (exact) mass is 1470 g/mol. The number of hydrogen-bond donors (Lipinski definition) is 7. The van der Waals surface area contributed by atoms with E-state index in [1.165, 1.54) is 81.8 Å². The zero-order valence-corrected chi connectivity index (χ0v) is 60.5. The molecule has 6 aliphatic carbocycles. The standard InChI is InChI=1S/C79H94N2O25/c1-44-57(101-74(96)67(65(47-17-11-8-12-18-47)80-72(94)48-19-13-9-14-20-48)103-62(90)29-30-63(91)106-81(33-36-82,34-37-83)35-38-84)42-79(97)71(104-73(95)49-21-15-10-16-22-49)68-77(7,70(93)66(99-45(2)85)64(44)75(79,4)5)58(41-59-78(68,43-98-59)105-46(3)86)102-61(89)28-27-60(88)100-56-40-55-54-25-23-50-39-51(87)24-26-52(50)53(54)31-32-76(55,6)69(56)92/h8-22,24,26,39,53-59,65-69,71,82-84,92,97H,23,25,27-38,40-43H2,1-7H3,(H-,80,87,94)/p+1/t53-,54-,55+,56-,57+,58+,59-,65+,66-,67-,68+,69+,71+,76+,77-,78+,79-/m1/s1. The Balaban J connectivity index is 0.951. The summed E-state index contributed by atoms with van der Waals surface area (Å²) in [5, 5.41) is 69.1. The summed E-state index contributed by atoms with van der Waals surface area (Å²) in [6, 6.07) is 27.0. The van der Waals surface area contributed by atoms with Gasteiger partial charge in [0.05, 0.1) is 75.1 Å². The molecule has 0 radical (unpaired) electrons. The van der Waals surface area contributed by atoms with Crippen LogP contribution in [0, 0.1) is 34.0 Å². The molecule has 4 saturated carbocycles. The van der Waals surface area contributed by atoms with Crippen molar-refractivity contribution in [1.82, 2.24) is 5.32 Å². The predicted molar refractivity (Wildman–Crippen MR) is 370 cm³/mol. The lowest BCUT2D eigenvalue weighted by Crippen LogP contribution is -2.82. The van der Waals surface area contributed by atoms with Crippen molar-refractivity contribution in [3.63, 3.8) is 0 Å². The van der Waals surface area contributed by atoms with E-state index in [1.807, 2.05) is 13.0 Å². The van der Waals surface area contributed by atoms with Gasteiger partial charge < -0.3 is 73.9 Å². The van der Waals surface area contributed by atoms with E-state index < -0.39 is 217 Å². The van der Waals surface area contributed by atoms with E-state index in [0.29, 0.717) is 12.8 Å². The van der Waals surface area contributed by atoms with Crippen LogP contribution in [0.25, 0.3) is 0 Å². The van der Waals surface area contributed by atoms with Crippen molar-refractivity contribution in [1.29, 1.82) is 0 Å². The smallest absolute Gasteiger partial charge is 0.367 e. The number of phenols is 1. The summed E-state index contributed by atoms with van der Waals surface area (Å²) in [4.78, 5) is 152. The second kappa shape index (κ2) is 31.5. The van der Waals surface area contributed by atoms with E-state index in [9.17, 15) is 64.2 Å². The number of nitrogens with zero attached hydrogens (tertiary/aromatic N) is 1. The van der Waals surface area contributed by atoms with Crippen molar-refractivity contribution in [2.45, 2.75) is 191 Å². The van der Waals surface area contributed by atoms with Gasteiger partial charge in [0.1, 0.15) is 67.5 Å². The molecule has 5 fully saturated rings. The predicted octanol–water partition coefficient (Wildman–Crippen LogP) is 5.79. The lowest BCUT2D eigenvalue weighted by Gasteiger charge is -2.67. The fourth-order valence-corrected chi connectivity index (χ4v) is 18.4. The number of carbonyl (C=O) groups is 10. The molecule has 27 nitrogen and oxygen atoms in total. The second-order valence-electron chi connectivity index (χ2n) is 30.2. The number of ketones is 1. The molecule has 2 bridgehead atoms. The van der Waals surface area contributed by atoms with Gasteiger partial charge in [-0.05, 0) is 128 Å². The third kappa shape index (κ3) is 15.0. The minimum absolute atomic E-state index is 0.0133. The Morgan fingerprint density at radius 2 is 1.30 bits per heavy atom. The third-order valence-electron chi connectivity index (χ3n) is 23.8. The maximum Gasteiger partial charge on any atom is 0.367 e. The highest BCUT2D eigenvalue weighted by molar-refractivity contribution is 5.97. The van der Waals surface area contributed by atoms with Crippen LogP contribution in [0.1, 0.15) is 162 Å². The zero-order valence-electron chi connectivity index (χ0n) is 60.5. The van der Waals surface area contributed by atoms with Crippen LogP contribution in [0.3, 0.4) is 0 Å². The van der Waals surface area contributed by atoms with Gasteiger partial charge in [0.15, 0.2) is 17.5 Å². The summed E-state index contributed by atoms with van der Waals surface area (Å²) >= 11 is 0. The van der Waals surface area contributed by atoms with Crippen LogP contribution in [-0.2, 0) is 87.5 Å². The van der Waals surface area contributed by atoms with Crippen molar-refractivity contribution in [3.8, 4) is 5.75 Å². The zero-order chi connectivity index (χ0) is 76.4. The maximum absolute atomic E-state index is 16.8. The molecule has 1 amide bonds. The summed E-state index contributed by atoms with van der Waals surface area (Å²) in [6.45, 7) is 7.07. The number of aromatic hydroxyl groups is 1. The average Bonchev–Trinajstić information content (AvgIpc) is 0.772. The molecule has 27 heteroatoms. The van der Waals surface area contributed by atoms with E-state index >= 15 is 14.4 Å². The number of aliphatic hydroxyl groups excluding tert-OH is 4. The van der Waals surface area contributed by atoms with Crippen molar-refractivity contribution in [3.05, 3.63) is 148 Å². The first-order valence-electron chi connectivity index (χ1n) is 36.2. The van der Waals surface area contributed by atoms with E-state index in [2.05, 4.69) is 5.32 Å². The van der Waals surface area contributed by atoms with E-state index in [-0.39, 0.29) is 71.0 Å². The molecule has 0 unspecified atom stereocenters. The first kappa shape index (κ1) is 78.1. The molecule has 1 saturated heterocycles. The van der Waals surface area contributed by atoms with E-state index in [1.54, 1.807) is 54.6 Å². The molecule has 7 N–H and O–H groups in total. The van der Waals surface area contributed by atoms with Gasteiger partial charge in [0.25, 0.3) is 5.91 Å². The molecule has 4 aromatic carbocycles. The number of ether oxygens (including phenoxy) is 8. The number of nitrogens with one attached hydrogen (secondary N) is 1. The van der Waals surface area contributed by atoms with Gasteiger partial charge in [-0.1, -0.05) is 93.6 Å². The first-order valence-corrected chi connectivity index (χ1v) is 36.2. The summed E-state index contributed by atoms with van der Waals surface area (Å²) in [7, 11) is 0. The maximum atomic E-state index is 16.8. The summed E-state index contributed by atoms with van der Waals surface area (Å²) < 4.78 is 49.7. The molecule has 7 aliphatic rings. The van der Waals surface area contributed by atoms with Gasteiger partial charge in [-0.15, -0.1) is 4.65 Å². The largest absolute Gasteiger partial charge is 0.508 e. The molecule has 106 heavy (non-hydrogen) atoms. The number of Topliss-reactive ketones (excluding diaryl/α,β-unsaturated/α-hetero) is 1. The van der Waals surface area contributed by atoms with E-state index in [4.69, 9.17) is 42.7 Å². The summed E-state index contributed by atoms with van der Waals surface area (Å²) in [5.41, 5.74) is -7.41. The number of aryl methyl sites for hydroxylation is 1. The number of rotatable bonds is 26. The van der Waals surface area contributed by atoms with E-state index in [0.717, 1.165) is 38.7 Å². The van der Waals surface area contributed by atoms with Crippen molar-refractivity contribution in [2.24, 2.45) is 34.0 Å². The summed E-state index contributed by atoms with van der Waals surface area (Å²) in [6.07, 6.45) is -13.7. The number of quaternary nitrogens is 1. The molecule has 17 atom stereocenters. The molecule has 11 rings (SSSR count). The lowest BCUT2D eigenvalue weighted by atomic mass is 9.44. The van der Waals surface area contributed by atoms with Crippen molar-refractivity contribution < 1.29 is 126 Å². The van der Waals surface area contributed by atoms with Crippen LogP contribution in [0.5, 0.6) is 5.75 Å². The Morgan fingerprint density at radius 1 is 0.698 bits per heavy atom. The number of hydroxylamine groups is 3. The van der Waals surface area contributed by atoms with Gasteiger partial charge in [-0.25, -0.2) is 14.4 Å². The number of aliphatic hydroxyl groups is 5. The Kier molecular flexibility index (Phi) is 23.2. The molecular formula is C79H95N2O25+. The van der Waals surface area contributed by atoms with Crippen LogP contribution in [0.15, 0.2) is 120 Å². The Bertz CT molecular complexity index is 4000. The molecule has 0 spiro atoms. The van der Waals surface area contributed by atoms with Crippen LogP contribution < -0.4 is 5.32 Å². The minimum Gasteiger partial charge on any atom is -0.508 e. The fraction of sp³-hybridized carbons (Fsp3) is 0.544. The number of phenolic OH excluding ortho intramolecular Hbond substituents is 1. The quantitative estimate of drug-likeness (QED) is 0.0128. The van der Waals surface area contributed by atoms with Gasteiger partial charge in [0.2, 0.25) is 6.10 Å². The number of amides is 1. The van der Waals surface area contributed by atoms with Crippen LogP contribution in [0.4, 0.5) is 0 Å². The Hall–Kier alpha value is -8.96. The van der Waals surface area contributed by atoms with Gasteiger partial charge in [0, 0.05) is 43.1 Å². The molecular weight excluding hydrogens is 1380 g/mol. The number of esters is 7. The molecule has 1 heterocycles. The van der Waals surface area contributed by atoms with Crippen molar-refractivity contribution >= 4 is 59.4 Å². The number of carbonyl (C=O) groups excluding carboxylic acids is 10. The van der Waals surface area contributed by atoms with Crippen LogP contribution in [0.2, 0.25) is 0 Å². The second-order valence-corrected chi connectivity index (χ2v) is 30.2. The normalized spacial score (nSPS) is 30.2. The highest BCUT2D eigenvalue weighted by atomic mass is 16.7. The molecule has 570 valence electrons. The molecule has 0 aromatic heterocycles. The molecule has 4 aromatic rings. The lowest BCUT2D eigenvalue weighted by molar-refractivity contribution is -1.09. The highest BCUT2D eigenvalue weighted by Crippen LogP contribution is 2.66. The Labute approximate surface area is 613 Å². The van der Waals surface area contributed by atoms with Gasteiger partial charge in [-0.3, -0.25) is 38.4 Å². The fourth-order valence-electron chi connectivity index (χ4n) is 18.4. The SMILES string of the molecule is CC(=O)O[C@H]1C(=O)[C@]2(C)[C@@H](OC(=O)CCC(=O)O[C@@H]3C[C@H]4[C@@H]5CCc6cc(O)ccc6[C@H]5CC[C@]4(C)[C@H]3O)C[C@H]3OC[C@@]3(OC(C)=O)[C@H]2[C@H](OC(=O)c2ccccc2)[C@]2(O)C[C@H](OC(=O)[C@H](OC(=O)CCC(=O)O[N+](CCO)(CCO)CCO)[C@@H](NC(=O)c3ccccc3)c3ccccc3)C(C)=C1C2(C)C. The number of fused-ring (bicyclic) bond motifs is 10. The van der Waals surface area contributed by atoms with Crippen LogP contribution in [-0.4, -0.2) is 201 Å². The summed E-state index contributed by atoms with van der Waals surface area (Å²) in [5.74, 6) is -11.7. The average molecular weight is 1470 g/mol. The Morgan fingerprint density at radius 3 is 1.91 bits per heavy atom. The van der Waals surface area contributed by atoms with Gasteiger partial charge >= 0.3 is 47.8 Å². The number of benzene rings is 4. The van der Waals surface area contributed by atoms with Crippen molar-refractivity contribution in [2.75, 3.05) is 46.1 Å². The highest BCUT2D eigenvalue weighted by Gasteiger charge is 2.79.